The predicted octanol–water partition coefficient (Wildman–Crippen LogP) is 3.22. The fraction of sp³-hybridized carbons (Fsp3) is 0.455. The molecule has 0 spiro atoms. The molecule has 1 atom stereocenters. The maximum absolute atomic E-state index is 3.60. The van der Waals surface area contributed by atoms with E-state index in [1.165, 1.54) is 22.3 Å². The van der Waals surface area contributed by atoms with E-state index in [1.807, 2.05) is 7.05 Å². The van der Waals surface area contributed by atoms with E-state index in [2.05, 4.69) is 54.2 Å². The number of hydrogen-bond donors (Lipinski definition) is 1. The van der Waals surface area contributed by atoms with Crippen molar-refractivity contribution >= 4 is 15.9 Å². The third-order valence-electron chi connectivity index (χ3n) is 2.24. The lowest BCUT2D eigenvalue weighted by atomic mass is 10.00. The summed E-state index contributed by atoms with van der Waals surface area (Å²) in [6, 6.07) is 4.43. The van der Waals surface area contributed by atoms with Crippen molar-refractivity contribution in [2.24, 2.45) is 0 Å². The van der Waals surface area contributed by atoms with Gasteiger partial charge in [0.15, 0.2) is 0 Å². The van der Waals surface area contributed by atoms with Crippen LogP contribution in [0.4, 0.5) is 0 Å². The number of benzene rings is 1. The summed E-state index contributed by atoms with van der Waals surface area (Å²) in [6.45, 7) is 6.44. The largest absolute Gasteiger partial charge is 0.304 e. The van der Waals surface area contributed by atoms with E-state index in [9.17, 15) is 0 Å². The molecule has 1 rings (SSSR count). The minimum atomic E-state index is 0.257. The van der Waals surface area contributed by atoms with Gasteiger partial charge in [-0.2, -0.15) is 0 Å². The third kappa shape index (κ3) is 2.32. The van der Waals surface area contributed by atoms with Crippen LogP contribution in [0.5, 0.6) is 0 Å². The molecule has 1 N–H and O–H groups in total. The molecule has 1 nitrogen and oxygen atoms in total. The molecule has 0 aliphatic heterocycles. The summed E-state index contributed by atoms with van der Waals surface area (Å²) in [5.74, 6) is 0. The Morgan fingerprint density at radius 3 is 2.00 bits per heavy atom. The van der Waals surface area contributed by atoms with E-state index in [0.29, 0.717) is 0 Å². The summed E-state index contributed by atoms with van der Waals surface area (Å²) in [4.78, 5) is 0.257. The first-order valence-corrected chi connectivity index (χ1v) is 5.37. The van der Waals surface area contributed by atoms with Crippen LogP contribution in [0.15, 0.2) is 12.1 Å². The topological polar surface area (TPSA) is 12.0 Å². The second-order valence-corrected chi connectivity index (χ2v) is 4.38. The Hall–Kier alpha value is -0.340. The fourth-order valence-corrected chi connectivity index (χ4v) is 2.46. The number of alkyl halides is 1. The maximum Gasteiger partial charge on any atom is 0.0889 e. The van der Waals surface area contributed by atoms with Gasteiger partial charge in [0.05, 0.1) is 4.95 Å². The molecule has 1 aromatic carbocycles. The van der Waals surface area contributed by atoms with E-state index >= 15 is 0 Å². The van der Waals surface area contributed by atoms with Crippen molar-refractivity contribution in [1.29, 1.82) is 0 Å². The van der Waals surface area contributed by atoms with Crippen LogP contribution in [0.3, 0.4) is 0 Å². The normalized spacial score (nSPS) is 13.0. The van der Waals surface area contributed by atoms with Gasteiger partial charge < -0.3 is 5.32 Å². The Kier molecular flexibility index (Phi) is 3.51. The first-order chi connectivity index (χ1) is 6.06. The molecule has 2 heteroatoms. The minimum Gasteiger partial charge on any atom is -0.304 e. The molecular weight excluding hydrogens is 226 g/mol. The van der Waals surface area contributed by atoms with Crippen molar-refractivity contribution in [2.75, 3.05) is 7.05 Å². The van der Waals surface area contributed by atoms with E-state index in [0.717, 1.165) is 0 Å². The molecule has 0 bridgehead atoms. The van der Waals surface area contributed by atoms with Gasteiger partial charge in [-0.1, -0.05) is 33.6 Å². The van der Waals surface area contributed by atoms with E-state index < -0.39 is 0 Å². The molecule has 0 aliphatic rings. The minimum absolute atomic E-state index is 0.257. The lowest BCUT2D eigenvalue weighted by molar-refractivity contribution is 0.796. The molecule has 0 aromatic heterocycles. The number of hydrogen-bond acceptors (Lipinski definition) is 1. The van der Waals surface area contributed by atoms with Crippen molar-refractivity contribution < 1.29 is 0 Å². The SMILES string of the molecule is CNC(Br)c1c(C)cc(C)cc1C. The summed E-state index contributed by atoms with van der Waals surface area (Å²) in [5.41, 5.74) is 5.37. The number of aryl methyl sites for hydroxylation is 3. The van der Waals surface area contributed by atoms with Crippen LogP contribution >= 0.6 is 15.9 Å². The van der Waals surface area contributed by atoms with E-state index in [-0.39, 0.29) is 4.95 Å². The molecule has 13 heavy (non-hydrogen) atoms. The molecule has 0 heterocycles. The molecular formula is C11H16BrN. The molecule has 72 valence electrons. The first-order valence-electron chi connectivity index (χ1n) is 4.45. The molecule has 0 aliphatic carbocycles. The standard InChI is InChI=1S/C11H16BrN/c1-7-5-8(2)10(9(3)6-7)11(12)13-4/h5-6,11,13H,1-4H3. The van der Waals surface area contributed by atoms with Crippen molar-refractivity contribution in [1.82, 2.24) is 5.32 Å². The molecule has 0 saturated heterocycles. The van der Waals surface area contributed by atoms with Gasteiger partial charge in [-0.3, -0.25) is 0 Å². The van der Waals surface area contributed by atoms with Gasteiger partial charge in [-0.05, 0) is 44.5 Å². The van der Waals surface area contributed by atoms with Crippen molar-refractivity contribution in [3.63, 3.8) is 0 Å². The Balaban J connectivity index is 3.20. The van der Waals surface area contributed by atoms with Gasteiger partial charge >= 0.3 is 0 Å². The third-order valence-corrected chi connectivity index (χ3v) is 3.16. The highest BCUT2D eigenvalue weighted by Crippen LogP contribution is 2.27. The Bertz CT molecular complexity index is 284. The zero-order chi connectivity index (χ0) is 10.0. The van der Waals surface area contributed by atoms with Crippen LogP contribution < -0.4 is 5.32 Å². The van der Waals surface area contributed by atoms with Gasteiger partial charge in [0.1, 0.15) is 0 Å². The lowest BCUT2D eigenvalue weighted by Gasteiger charge is -2.16. The van der Waals surface area contributed by atoms with Crippen molar-refractivity contribution in [3.05, 3.63) is 34.4 Å². The maximum atomic E-state index is 3.60. The summed E-state index contributed by atoms with van der Waals surface area (Å²) >= 11 is 3.60. The number of rotatable bonds is 2. The molecule has 0 fully saturated rings. The number of nitrogens with one attached hydrogen (secondary N) is 1. The van der Waals surface area contributed by atoms with Gasteiger partial charge in [-0.15, -0.1) is 0 Å². The smallest absolute Gasteiger partial charge is 0.0889 e. The molecule has 0 amide bonds. The summed E-state index contributed by atoms with van der Waals surface area (Å²) in [5, 5.41) is 3.20. The fourth-order valence-electron chi connectivity index (χ4n) is 1.74. The molecule has 1 unspecified atom stereocenters. The quantitative estimate of drug-likeness (QED) is 0.620. The monoisotopic (exact) mass is 241 g/mol. The van der Waals surface area contributed by atoms with Crippen LogP contribution in [0.25, 0.3) is 0 Å². The van der Waals surface area contributed by atoms with Gasteiger partial charge in [0, 0.05) is 0 Å². The van der Waals surface area contributed by atoms with Gasteiger partial charge in [0.25, 0.3) is 0 Å². The van der Waals surface area contributed by atoms with Crippen LogP contribution in [0.2, 0.25) is 0 Å². The average Bonchev–Trinajstić information content (AvgIpc) is 2.02. The molecule has 1 aromatic rings. The zero-order valence-corrected chi connectivity index (χ0v) is 10.2. The summed E-state index contributed by atoms with van der Waals surface area (Å²) in [7, 11) is 1.96. The highest BCUT2D eigenvalue weighted by atomic mass is 79.9. The first kappa shape index (κ1) is 10.7. The van der Waals surface area contributed by atoms with Crippen molar-refractivity contribution in [2.45, 2.75) is 25.7 Å². The predicted molar refractivity (Wildman–Crippen MR) is 61.4 cm³/mol. The second kappa shape index (κ2) is 4.25. The average molecular weight is 242 g/mol. The molecule has 0 saturated carbocycles. The second-order valence-electron chi connectivity index (χ2n) is 3.46. The van der Waals surface area contributed by atoms with E-state index in [4.69, 9.17) is 0 Å². The zero-order valence-electron chi connectivity index (χ0n) is 8.61. The van der Waals surface area contributed by atoms with Gasteiger partial charge in [-0.25, -0.2) is 0 Å². The van der Waals surface area contributed by atoms with Crippen LogP contribution in [0.1, 0.15) is 27.2 Å². The highest BCUT2D eigenvalue weighted by Gasteiger charge is 2.10. The van der Waals surface area contributed by atoms with Crippen LogP contribution in [-0.4, -0.2) is 7.05 Å². The summed E-state index contributed by atoms with van der Waals surface area (Å²) in [6.07, 6.45) is 0. The van der Waals surface area contributed by atoms with Crippen LogP contribution in [0, 0.1) is 20.8 Å². The highest BCUT2D eigenvalue weighted by molar-refractivity contribution is 9.09. The summed E-state index contributed by atoms with van der Waals surface area (Å²) < 4.78 is 0. The van der Waals surface area contributed by atoms with Crippen LogP contribution in [-0.2, 0) is 0 Å². The Morgan fingerprint density at radius 2 is 1.62 bits per heavy atom. The van der Waals surface area contributed by atoms with Crippen molar-refractivity contribution in [3.8, 4) is 0 Å². The molecule has 0 radical (unpaired) electrons. The van der Waals surface area contributed by atoms with E-state index in [1.54, 1.807) is 0 Å². The lowest BCUT2D eigenvalue weighted by Crippen LogP contribution is -2.12. The number of halogens is 1. The Morgan fingerprint density at radius 1 is 1.15 bits per heavy atom. The Labute approximate surface area is 88.7 Å². The van der Waals surface area contributed by atoms with Gasteiger partial charge in [0.2, 0.25) is 0 Å².